The molecule has 0 aromatic carbocycles. The molecular formula is C21H38N2O9. The minimum absolute atomic E-state index is 0.0789. The summed E-state index contributed by atoms with van der Waals surface area (Å²) in [6.45, 7) is 6.28. The summed E-state index contributed by atoms with van der Waals surface area (Å²) in [7, 11) is 4.59. The second-order valence-corrected chi connectivity index (χ2v) is 5.65. The van der Waals surface area contributed by atoms with Crippen LogP contribution < -0.4 is 4.74 Å². The molecule has 0 saturated heterocycles. The molecule has 1 heterocycles. The fourth-order valence-corrected chi connectivity index (χ4v) is 1.95. The molecule has 1 rings (SSSR count). The number of carbonyl (C=O) groups is 1. The van der Waals surface area contributed by atoms with Crippen molar-refractivity contribution >= 4 is 5.97 Å². The molecule has 0 aliphatic heterocycles. The molecule has 0 fully saturated rings. The van der Waals surface area contributed by atoms with E-state index in [1.165, 1.54) is 7.11 Å². The van der Waals surface area contributed by atoms with Crippen molar-refractivity contribution in [2.45, 2.75) is 33.4 Å². The fourth-order valence-electron chi connectivity index (χ4n) is 1.95. The Bertz CT molecular complexity index is 574. The van der Waals surface area contributed by atoms with Crippen LogP contribution in [-0.4, -0.2) is 83.6 Å². The van der Waals surface area contributed by atoms with E-state index in [4.69, 9.17) is 24.1 Å². The second kappa shape index (κ2) is 25.1. The summed E-state index contributed by atoms with van der Waals surface area (Å²) in [6.07, 6.45) is 0.226. The van der Waals surface area contributed by atoms with Crippen molar-refractivity contribution in [3.05, 3.63) is 28.4 Å². The molecule has 0 atom stereocenters. The highest BCUT2D eigenvalue weighted by Gasteiger charge is 2.04. The number of pyridine rings is 1. The largest absolute Gasteiger partial charge is 0.491 e. The number of aliphatic hydroxyl groups excluding tert-OH is 1. The molecule has 0 saturated carbocycles. The third-order valence-corrected chi connectivity index (χ3v) is 3.21. The number of hydrogen-bond donors (Lipinski definition) is 1. The molecule has 0 amide bonds. The zero-order valence-corrected chi connectivity index (χ0v) is 19.8. The maximum absolute atomic E-state index is 10.8. The van der Waals surface area contributed by atoms with Crippen molar-refractivity contribution in [2.75, 3.05) is 67.6 Å². The Morgan fingerprint density at radius 2 is 1.41 bits per heavy atom. The Morgan fingerprint density at radius 1 is 0.906 bits per heavy atom. The number of methoxy groups -OCH3 is 2. The van der Waals surface area contributed by atoms with Crippen molar-refractivity contribution < 1.29 is 38.3 Å². The lowest BCUT2D eigenvalue weighted by Crippen LogP contribution is -2.13. The number of nitrogens with zero attached hydrogens (tertiary/aromatic N) is 2. The monoisotopic (exact) mass is 462 g/mol. The minimum atomic E-state index is -0.303. The third kappa shape index (κ3) is 19.8. The first kappa shape index (κ1) is 32.0. The van der Waals surface area contributed by atoms with E-state index in [1.807, 2.05) is 13.8 Å². The lowest BCUT2D eigenvalue weighted by Gasteiger charge is -2.10. The number of aliphatic hydroxyl groups is 1. The van der Waals surface area contributed by atoms with Gasteiger partial charge < -0.3 is 33.5 Å². The van der Waals surface area contributed by atoms with Crippen LogP contribution in [0.3, 0.4) is 0 Å². The van der Waals surface area contributed by atoms with E-state index in [2.05, 4.69) is 19.6 Å². The van der Waals surface area contributed by atoms with E-state index in [-0.39, 0.29) is 25.5 Å². The quantitative estimate of drug-likeness (QED) is 0.221. The van der Waals surface area contributed by atoms with E-state index in [9.17, 15) is 9.70 Å². The van der Waals surface area contributed by atoms with Crippen molar-refractivity contribution in [3.63, 3.8) is 0 Å². The maximum Gasteiger partial charge on any atom is 0.307 e. The Balaban J connectivity index is 0. The topological polar surface area (TPSA) is 135 Å². The van der Waals surface area contributed by atoms with Crippen LogP contribution in [0.4, 0.5) is 0 Å². The van der Waals surface area contributed by atoms with Crippen LogP contribution in [0.2, 0.25) is 0 Å². The van der Waals surface area contributed by atoms with Crippen molar-refractivity contribution in [1.29, 1.82) is 0 Å². The molecule has 186 valence electrons. The Kier molecular flexibility index (Phi) is 25.1. The Morgan fingerprint density at radius 3 is 1.91 bits per heavy atom. The summed E-state index contributed by atoms with van der Waals surface area (Å²) in [6, 6.07) is 3.20. The van der Waals surface area contributed by atoms with E-state index in [0.29, 0.717) is 63.4 Å². The predicted octanol–water partition coefficient (Wildman–Crippen LogP) is 2.12. The van der Waals surface area contributed by atoms with E-state index < -0.39 is 0 Å². The first-order chi connectivity index (χ1) is 15.6. The van der Waals surface area contributed by atoms with E-state index in [0.717, 1.165) is 0 Å². The van der Waals surface area contributed by atoms with Gasteiger partial charge in [0.2, 0.25) is 0 Å². The summed E-state index contributed by atoms with van der Waals surface area (Å²) in [4.78, 5) is 25.2. The van der Waals surface area contributed by atoms with Gasteiger partial charge in [-0.1, -0.05) is 19.0 Å². The zero-order valence-electron chi connectivity index (χ0n) is 19.8. The smallest absolute Gasteiger partial charge is 0.307 e. The van der Waals surface area contributed by atoms with Gasteiger partial charge in [-0.25, -0.2) is 0 Å². The van der Waals surface area contributed by atoms with Gasteiger partial charge in [-0.15, -0.1) is 0 Å². The maximum atomic E-state index is 10.8. The van der Waals surface area contributed by atoms with Gasteiger partial charge >= 0.3 is 5.97 Å². The SMILES string of the molecule is CC.COC.COC(=O)CCOCCOCCOCCOc1cc(CO)nc(CN=O)c1. The minimum Gasteiger partial charge on any atom is -0.491 e. The van der Waals surface area contributed by atoms with Crippen LogP contribution in [0.25, 0.3) is 0 Å². The number of rotatable bonds is 16. The van der Waals surface area contributed by atoms with Crippen LogP contribution in [-0.2, 0) is 41.6 Å². The molecule has 0 aliphatic carbocycles. The number of nitroso groups, excluding NO2 is 1. The van der Waals surface area contributed by atoms with Crippen LogP contribution in [0.15, 0.2) is 17.3 Å². The Labute approximate surface area is 190 Å². The molecule has 1 aromatic rings. The van der Waals surface area contributed by atoms with Crippen LogP contribution >= 0.6 is 0 Å². The lowest BCUT2D eigenvalue weighted by molar-refractivity contribution is -0.141. The summed E-state index contributed by atoms with van der Waals surface area (Å²) >= 11 is 0. The van der Waals surface area contributed by atoms with Gasteiger partial charge in [0.25, 0.3) is 0 Å². The van der Waals surface area contributed by atoms with Gasteiger partial charge in [0.15, 0.2) is 0 Å². The number of ether oxygens (including phenoxy) is 6. The van der Waals surface area contributed by atoms with Gasteiger partial charge in [-0.05, 0) is 0 Å². The van der Waals surface area contributed by atoms with Crippen LogP contribution in [0.5, 0.6) is 5.75 Å². The average molecular weight is 463 g/mol. The van der Waals surface area contributed by atoms with Gasteiger partial charge in [0, 0.05) is 26.4 Å². The molecule has 0 unspecified atom stereocenters. The Hall–Kier alpha value is -2.18. The van der Waals surface area contributed by atoms with Gasteiger partial charge in [-0.3, -0.25) is 9.78 Å². The van der Waals surface area contributed by atoms with Crippen molar-refractivity contribution in [1.82, 2.24) is 4.98 Å². The first-order valence-corrected chi connectivity index (χ1v) is 10.3. The number of esters is 1. The summed E-state index contributed by atoms with van der Waals surface area (Å²) in [5.74, 6) is 0.194. The number of aromatic nitrogens is 1. The predicted molar refractivity (Wildman–Crippen MR) is 119 cm³/mol. The molecule has 11 nitrogen and oxygen atoms in total. The highest BCUT2D eigenvalue weighted by Crippen LogP contribution is 2.15. The average Bonchev–Trinajstić information content (AvgIpc) is 2.81. The highest BCUT2D eigenvalue weighted by molar-refractivity contribution is 5.69. The summed E-state index contributed by atoms with van der Waals surface area (Å²) in [5.41, 5.74) is 0.851. The molecule has 32 heavy (non-hydrogen) atoms. The molecule has 11 heteroatoms. The molecule has 0 aliphatic rings. The summed E-state index contributed by atoms with van der Waals surface area (Å²) < 4.78 is 30.2. The van der Waals surface area contributed by atoms with Gasteiger partial charge in [0.1, 0.15) is 18.9 Å². The van der Waals surface area contributed by atoms with Crippen LogP contribution in [0.1, 0.15) is 31.7 Å². The molecular weight excluding hydrogens is 424 g/mol. The molecule has 1 aromatic heterocycles. The summed E-state index contributed by atoms with van der Waals surface area (Å²) in [5, 5.41) is 11.9. The van der Waals surface area contributed by atoms with E-state index in [1.54, 1.807) is 26.4 Å². The van der Waals surface area contributed by atoms with Crippen molar-refractivity contribution in [2.24, 2.45) is 5.18 Å². The zero-order chi connectivity index (χ0) is 24.5. The second-order valence-electron chi connectivity index (χ2n) is 5.65. The first-order valence-electron chi connectivity index (χ1n) is 10.3. The lowest BCUT2D eigenvalue weighted by atomic mass is 10.3. The standard InChI is InChI=1S/C17H26N2O8.C2H6O.C2H6/c1-23-17(21)2-3-24-4-5-25-6-7-26-8-9-27-16-10-14(12-18-22)19-15(11-16)13-20;1-3-2;1-2/h10-11,20H,2-9,12-13H2,1H3;1-2H3;1-2H3. The molecule has 0 spiro atoms. The molecule has 1 N–H and O–H groups in total. The van der Waals surface area contributed by atoms with Crippen molar-refractivity contribution in [3.8, 4) is 5.75 Å². The fraction of sp³-hybridized carbons (Fsp3) is 0.714. The highest BCUT2D eigenvalue weighted by atomic mass is 16.6. The molecule has 0 radical (unpaired) electrons. The van der Waals surface area contributed by atoms with E-state index >= 15 is 0 Å². The number of carbonyl (C=O) groups excluding carboxylic acids is 1. The number of hydrogen-bond acceptors (Lipinski definition) is 11. The normalized spacial score (nSPS) is 9.69. The molecule has 0 bridgehead atoms. The third-order valence-electron chi connectivity index (χ3n) is 3.21. The van der Waals surface area contributed by atoms with Gasteiger partial charge in [-0.2, -0.15) is 4.91 Å². The van der Waals surface area contributed by atoms with Gasteiger partial charge in [0.05, 0.1) is 71.2 Å². The van der Waals surface area contributed by atoms with Crippen LogP contribution in [0, 0.1) is 4.91 Å².